The van der Waals surface area contributed by atoms with Gasteiger partial charge in [0.1, 0.15) is 11.4 Å². The molecule has 0 unspecified atom stereocenters. The lowest BCUT2D eigenvalue weighted by Crippen LogP contribution is -2.32. The number of likely N-dealkylation sites (tertiary alicyclic amines) is 1. The van der Waals surface area contributed by atoms with Gasteiger partial charge in [0, 0.05) is 24.7 Å². The van der Waals surface area contributed by atoms with Crippen LogP contribution in [0.1, 0.15) is 22.3 Å². The van der Waals surface area contributed by atoms with Crippen LogP contribution in [0.4, 0.5) is 10.1 Å². The normalized spacial score (nSPS) is 17.8. The maximum atomic E-state index is 13.4. The number of hydrogen-bond acceptors (Lipinski definition) is 4. The van der Waals surface area contributed by atoms with Gasteiger partial charge in [-0.1, -0.05) is 0 Å². The molecule has 2 rings (SSSR count). The van der Waals surface area contributed by atoms with Gasteiger partial charge in [0.25, 0.3) is 11.6 Å². The Hall–Kier alpha value is -1.73. The zero-order valence-electron chi connectivity index (χ0n) is 10.8. The van der Waals surface area contributed by atoms with Gasteiger partial charge in [-0.15, -0.1) is 12.4 Å². The molecule has 1 aliphatic heterocycles. The molecule has 8 heteroatoms. The van der Waals surface area contributed by atoms with Crippen molar-refractivity contribution in [3.05, 3.63) is 39.2 Å². The Morgan fingerprint density at radius 1 is 1.55 bits per heavy atom. The number of benzene rings is 1. The number of nitro groups is 1. The van der Waals surface area contributed by atoms with Crippen molar-refractivity contribution in [1.29, 1.82) is 0 Å². The zero-order valence-corrected chi connectivity index (χ0v) is 11.7. The lowest BCUT2D eigenvalue weighted by Gasteiger charge is -2.16. The summed E-state index contributed by atoms with van der Waals surface area (Å²) in [6.45, 7) is 2.19. The first-order valence-corrected chi connectivity index (χ1v) is 5.89. The van der Waals surface area contributed by atoms with Crippen LogP contribution < -0.4 is 5.73 Å². The fourth-order valence-corrected chi connectivity index (χ4v) is 2.28. The van der Waals surface area contributed by atoms with Crippen LogP contribution >= 0.6 is 12.4 Å². The molecule has 1 atom stereocenters. The first-order chi connectivity index (χ1) is 8.90. The number of nitrogens with zero attached hydrogens (tertiary/aromatic N) is 2. The van der Waals surface area contributed by atoms with Gasteiger partial charge >= 0.3 is 0 Å². The second-order valence-electron chi connectivity index (χ2n) is 4.68. The van der Waals surface area contributed by atoms with Gasteiger partial charge in [0.2, 0.25) is 0 Å². The van der Waals surface area contributed by atoms with Crippen LogP contribution in [0.5, 0.6) is 0 Å². The lowest BCUT2D eigenvalue weighted by molar-refractivity contribution is -0.385. The van der Waals surface area contributed by atoms with Gasteiger partial charge < -0.3 is 10.6 Å². The topological polar surface area (TPSA) is 89.5 Å². The molecule has 0 bridgehead atoms. The first kappa shape index (κ1) is 16.3. The first-order valence-electron chi connectivity index (χ1n) is 5.89. The molecule has 6 nitrogen and oxygen atoms in total. The average molecular weight is 304 g/mol. The minimum absolute atomic E-state index is 0. The van der Waals surface area contributed by atoms with Crippen molar-refractivity contribution in [2.75, 3.05) is 13.1 Å². The van der Waals surface area contributed by atoms with Crippen molar-refractivity contribution in [2.45, 2.75) is 19.4 Å². The monoisotopic (exact) mass is 303 g/mol. The number of carbonyl (C=O) groups is 1. The molecule has 1 amide bonds. The fourth-order valence-electron chi connectivity index (χ4n) is 2.28. The van der Waals surface area contributed by atoms with Crippen LogP contribution in [0.25, 0.3) is 0 Å². The van der Waals surface area contributed by atoms with Crippen molar-refractivity contribution in [2.24, 2.45) is 5.73 Å². The standard InChI is InChI=1S/C12H14FN3O3.ClH/c1-7-4-8(13)5-10(11(7)16(18)19)12(17)15-3-2-9(14)6-15;/h4-5,9H,2-3,6,14H2,1H3;1H/t9-;/m1./s1. The Labute approximate surface area is 121 Å². The number of halogens is 2. The second-order valence-corrected chi connectivity index (χ2v) is 4.68. The number of carbonyl (C=O) groups excluding carboxylic acids is 1. The van der Waals surface area contributed by atoms with E-state index in [2.05, 4.69) is 0 Å². The molecule has 20 heavy (non-hydrogen) atoms. The summed E-state index contributed by atoms with van der Waals surface area (Å²) >= 11 is 0. The number of hydrogen-bond donors (Lipinski definition) is 1. The third-order valence-electron chi connectivity index (χ3n) is 3.19. The van der Waals surface area contributed by atoms with E-state index in [-0.39, 0.29) is 35.3 Å². The van der Waals surface area contributed by atoms with Gasteiger partial charge in [0.15, 0.2) is 0 Å². The molecule has 1 heterocycles. The quantitative estimate of drug-likeness (QED) is 0.664. The molecule has 0 spiro atoms. The molecule has 2 N–H and O–H groups in total. The van der Waals surface area contributed by atoms with Crippen LogP contribution in [0.2, 0.25) is 0 Å². The third kappa shape index (κ3) is 3.05. The van der Waals surface area contributed by atoms with Crippen molar-refractivity contribution < 1.29 is 14.1 Å². The summed E-state index contributed by atoms with van der Waals surface area (Å²) in [6, 6.07) is 1.83. The molecule has 1 aromatic rings. The lowest BCUT2D eigenvalue weighted by atomic mass is 10.1. The maximum absolute atomic E-state index is 13.4. The van der Waals surface area contributed by atoms with Crippen molar-refractivity contribution >= 4 is 24.0 Å². The summed E-state index contributed by atoms with van der Waals surface area (Å²) < 4.78 is 13.4. The Bertz CT molecular complexity index is 553. The molecule has 0 radical (unpaired) electrons. The maximum Gasteiger partial charge on any atom is 0.285 e. The summed E-state index contributed by atoms with van der Waals surface area (Å²) in [5.74, 6) is -1.20. The van der Waals surface area contributed by atoms with Crippen LogP contribution in [0.3, 0.4) is 0 Å². The number of aryl methyl sites for hydroxylation is 1. The molecule has 0 saturated carbocycles. The number of rotatable bonds is 2. The predicted molar refractivity (Wildman–Crippen MR) is 73.5 cm³/mol. The van der Waals surface area contributed by atoms with E-state index in [9.17, 15) is 19.3 Å². The Kier molecular flexibility index (Phi) is 5.02. The van der Waals surface area contributed by atoms with Crippen LogP contribution in [0, 0.1) is 22.9 Å². The molecule has 0 aliphatic carbocycles. The second kappa shape index (κ2) is 6.15. The summed E-state index contributed by atoms with van der Waals surface area (Å²) in [4.78, 5) is 24.0. The van der Waals surface area contributed by atoms with E-state index in [1.54, 1.807) is 0 Å². The average Bonchev–Trinajstić information content (AvgIpc) is 2.73. The Morgan fingerprint density at radius 2 is 2.20 bits per heavy atom. The van der Waals surface area contributed by atoms with Crippen LogP contribution in [-0.4, -0.2) is 34.9 Å². The van der Waals surface area contributed by atoms with Gasteiger partial charge in [-0.2, -0.15) is 0 Å². The molecular weight excluding hydrogens is 289 g/mol. The van der Waals surface area contributed by atoms with E-state index in [0.717, 1.165) is 12.1 Å². The molecule has 0 aromatic heterocycles. The summed E-state index contributed by atoms with van der Waals surface area (Å²) in [5, 5.41) is 11.0. The molecule has 1 aromatic carbocycles. The number of amides is 1. The number of nitro benzene ring substituents is 1. The van der Waals surface area contributed by atoms with Gasteiger partial charge in [-0.25, -0.2) is 4.39 Å². The fraction of sp³-hybridized carbons (Fsp3) is 0.417. The SMILES string of the molecule is Cc1cc(F)cc(C(=O)N2CC[C@@H](N)C2)c1[N+](=O)[O-].Cl. The zero-order chi connectivity index (χ0) is 14.2. The third-order valence-corrected chi connectivity index (χ3v) is 3.19. The van der Waals surface area contributed by atoms with E-state index in [1.807, 2.05) is 0 Å². The van der Waals surface area contributed by atoms with Crippen molar-refractivity contribution in [3.63, 3.8) is 0 Å². The van der Waals surface area contributed by atoms with E-state index in [4.69, 9.17) is 5.73 Å². The summed E-state index contributed by atoms with van der Waals surface area (Å²) in [5.41, 5.74) is 5.28. The predicted octanol–water partition coefficient (Wildman–Crippen LogP) is 1.64. The molecule has 1 saturated heterocycles. The minimum Gasteiger partial charge on any atom is -0.337 e. The van der Waals surface area contributed by atoms with E-state index < -0.39 is 16.6 Å². The summed E-state index contributed by atoms with van der Waals surface area (Å²) in [6.07, 6.45) is 0.647. The Morgan fingerprint density at radius 3 is 2.70 bits per heavy atom. The highest BCUT2D eigenvalue weighted by Crippen LogP contribution is 2.27. The molecule has 110 valence electrons. The van der Waals surface area contributed by atoms with Gasteiger partial charge in [-0.3, -0.25) is 14.9 Å². The summed E-state index contributed by atoms with van der Waals surface area (Å²) in [7, 11) is 0. The van der Waals surface area contributed by atoms with Gasteiger partial charge in [-0.05, 0) is 25.5 Å². The largest absolute Gasteiger partial charge is 0.337 e. The highest BCUT2D eigenvalue weighted by Gasteiger charge is 2.31. The van der Waals surface area contributed by atoms with E-state index in [1.165, 1.54) is 11.8 Å². The molecular formula is C12H15ClFN3O3. The highest BCUT2D eigenvalue weighted by atomic mass is 35.5. The molecule has 1 fully saturated rings. The minimum atomic E-state index is -0.657. The molecule has 1 aliphatic rings. The van der Waals surface area contributed by atoms with Crippen molar-refractivity contribution in [1.82, 2.24) is 4.90 Å². The van der Waals surface area contributed by atoms with Crippen LogP contribution in [-0.2, 0) is 0 Å². The van der Waals surface area contributed by atoms with E-state index >= 15 is 0 Å². The van der Waals surface area contributed by atoms with Crippen molar-refractivity contribution in [3.8, 4) is 0 Å². The number of nitrogens with two attached hydrogens (primary N) is 1. The highest BCUT2D eigenvalue weighted by molar-refractivity contribution is 5.98. The smallest absolute Gasteiger partial charge is 0.285 e. The Balaban J connectivity index is 0.00000200. The van der Waals surface area contributed by atoms with E-state index in [0.29, 0.717) is 19.5 Å². The van der Waals surface area contributed by atoms with Crippen LogP contribution in [0.15, 0.2) is 12.1 Å². The van der Waals surface area contributed by atoms with Gasteiger partial charge in [0.05, 0.1) is 4.92 Å².